The van der Waals surface area contributed by atoms with E-state index in [-0.39, 0.29) is 17.7 Å². The molecule has 5 nitrogen and oxygen atoms in total. The van der Waals surface area contributed by atoms with Crippen LogP contribution in [0.15, 0.2) is 30.3 Å². The second kappa shape index (κ2) is 12.3. The Morgan fingerprint density at radius 2 is 1.37 bits per heavy atom. The number of nitrogens with one attached hydrogen (secondary N) is 1. The summed E-state index contributed by atoms with van der Waals surface area (Å²) in [6, 6.07) is 9.96. The molecule has 2 rings (SSSR count). The first-order valence-corrected chi connectivity index (χ1v) is 10.3. The summed E-state index contributed by atoms with van der Waals surface area (Å²) in [4.78, 5) is 36.2. The molecule has 1 aliphatic heterocycles. The molecule has 1 aromatic rings. The topological polar surface area (TPSA) is 66.5 Å². The largest absolute Gasteiger partial charge is 0.352 e. The lowest BCUT2D eigenvalue weighted by Gasteiger charge is -2.13. The van der Waals surface area contributed by atoms with E-state index in [1.807, 2.05) is 30.3 Å². The molecule has 0 unspecified atom stereocenters. The van der Waals surface area contributed by atoms with E-state index in [9.17, 15) is 14.4 Å². The molecule has 0 atom stereocenters. The van der Waals surface area contributed by atoms with E-state index in [0.717, 1.165) is 44.1 Å². The molecule has 5 heteroatoms. The van der Waals surface area contributed by atoms with Crippen LogP contribution in [-0.4, -0.2) is 29.2 Å². The van der Waals surface area contributed by atoms with Gasteiger partial charge in [-0.1, -0.05) is 68.9 Å². The van der Waals surface area contributed by atoms with Gasteiger partial charge in [-0.15, -0.1) is 0 Å². The number of carbonyl (C=O) groups is 3. The molecule has 1 N–H and O–H groups in total. The quantitative estimate of drug-likeness (QED) is 0.421. The van der Waals surface area contributed by atoms with Gasteiger partial charge in [0.15, 0.2) is 0 Å². The fraction of sp³-hybridized carbons (Fsp3) is 0.591. The molecule has 0 radical (unpaired) electrons. The maximum Gasteiger partial charge on any atom is 0.229 e. The van der Waals surface area contributed by atoms with Crippen molar-refractivity contribution in [1.29, 1.82) is 0 Å². The van der Waals surface area contributed by atoms with Gasteiger partial charge < -0.3 is 5.32 Å². The fourth-order valence-corrected chi connectivity index (χ4v) is 3.37. The molecule has 1 fully saturated rings. The second-order valence-corrected chi connectivity index (χ2v) is 7.28. The van der Waals surface area contributed by atoms with Crippen LogP contribution in [0.1, 0.15) is 76.2 Å². The summed E-state index contributed by atoms with van der Waals surface area (Å²) in [5.41, 5.74) is 1.13. The van der Waals surface area contributed by atoms with Gasteiger partial charge in [0.1, 0.15) is 0 Å². The normalized spacial score (nSPS) is 14.0. The summed E-state index contributed by atoms with van der Waals surface area (Å²) in [5, 5.41) is 2.96. The number of likely N-dealkylation sites (tertiary alicyclic amines) is 1. The second-order valence-electron chi connectivity index (χ2n) is 7.28. The van der Waals surface area contributed by atoms with Gasteiger partial charge in [0, 0.05) is 32.4 Å². The Morgan fingerprint density at radius 1 is 0.815 bits per heavy atom. The first-order chi connectivity index (χ1) is 13.2. The van der Waals surface area contributed by atoms with Crippen molar-refractivity contribution in [1.82, 2.24) is 10.2 Å². The van der Waals surface area contributed by atoms with Crippen molar-refractivity contribution < 1.29 is 14.4 Å². The van der Waals surface area contributed by atoms with E-state index in [2.05, 4.69) is 5.32 Å². The minimum atomic E-state index is -0.00666. The van der Waals surface area contributed by atoms with Gasteiger partial charge >= 0.3 is 0 Å². The third-order valence-electron chi connectivity index (χ3n) is 5.02. The van der Waals surface area contributed by atoms with Gasteiger partial charge in [0.05, 0.1) is 0 Å². The molecule has 27 heavy (non-hydrogen) atoms. The Kier molecular flexibility index (Phi) is 9.60. The van der Waals surface area contributed by atoms with E-state index in [4.69, 9.17) is 0 Å². The van der Waals surface area contributed by atoms with Crippen LogP contribution in [0.5, 0.6) is 0 Å². The highest BCUT2D eigenvalue weighted by atomic mass is 16.2. The zero-order valence-corrected chi connectivity index (χ0v) is 16.3. The van der Waals surface area contributed by atoms with E-state index in [0.29, 0.717) is 32.4 Å². The molecule has 1 saturated heterocycles. The maximum absolute atomic E-state index is 11.8. The van der Waals surface area contributed by atoms with Gasteiger partial charge in [-0.3, -0.25) is 19.3 Å². The molecule has 148 valence electrons. The summed E-state index contributed by atoms with van der Waals surface area (Å²) in [6.07, 6.45) is 10.1. The number of imide groups is 1. The summed E-state index contributed by atoms with van der Waals surface area (Å²) in [7, 11) is 0. The Bertz CT molecular complexity index is 585. The first-order valence-electron chi connectivity index (χ1n) is 10.3. The minimum Gasteiger partial charge on any atom is -0.352 e. The molecule has 0 bridgehead atoms. The van der Waals surface area contributed by atoms with E-state index in [1.165, 1.54) is 17.7 Å². The van der Waals surface area contributed by atoms with Crippen LogP contribution in [-0.2, 0) is 20.9 Å². The Morgan fingerprint density at radius 3 is 2.00 bits per heavy atom. The monoisotopic (exact) mass is 372 g/mol. The van der Waals surface area contributed by atoms with Crippen LogP contribution < -0.4 is 5.32 Å². The first kappa shape index (κ1) is 21.1. The predicted octanol–water partition coefficient (Wildman–Crippen LogP) is 3.96. The van der Waals surface area contributed by atoms with Crippen LogP contribution in [0, 0.1) is 0 Å². The molecule has 0 aromatic heterocycles. The lowest BCUT2D eigenvalue weighted by Crippen LogP contribution is -2.29. The molecule has 0 saturated carbocycles. The molecular formula is C22H32N2O3. The highest BCUT2D eigenvalue weighted by molar-refractivity contribution is 6.01. The summed E-state index contributed by atoms with van der Waals surface area (Å²) in [6.45, 7) is 1.20. The van der Waals surface area contributed by atoms with Crippen molar-refractivity contribution in [3.8, 4) is 0 Å². The minimum absolute atomic E-state index is 0.00666. The highest BCUT2D eigenvalue weighted by Gasteiger charge is 2.27. The average Bonchev–Trinajstić information content (AvgIpc) is 3.00. The Balaban J connectivity index is 1.37. The Hall–Kier alpha value is -2.17. The third-order valence-corrected chi connectivity index (χ3v) is 5.02. The standard InChI is InChI=1S/C22H32N2O3/c25-20(23-18-19-12-8-7-9-13-19)14-10-5-3-1-2-4-6-11-17-24-21(26)15-16-22(24)27/h7-9,12-13H,1-6,10-11,14-18H2,(H,23,25). The number of rotatable bonds is 13. The lowest BCUT2D eigenvalue weighted by molar-refractivity contribution is -0.138. The maximum atomic E-state index is 11.8. The molecule has 0 aliphatic carbocycles. The van der Waals surface area contributed by atoms with Crippen LogP contribution in [0.4, 0.5) is 0 Å². The number of nitrogens with zero attached hydrogens (tertiary/aromatic N) is 1. The summed E-state index contributed by atoms with van der Waals surface area (Å²) >= 11 is 0. The highest BCUT2D eigenvalue weighted by Crippen LogP contribution is 2.14. The van der Waals surface area contributed by atoms with Gasteiger partial charge in [0.25, 0.3) is 0 Å². The van der Waals surface area contributed by atoms with Gasteiger partial charge in [-0.25, -0.2) is 0 Å². The van der Waals surface area contributed by atoms with Crippen LogP contribution in [0.3, 0.4) is 0 Å². The third kappa shape index (κ3) is 8.37. The molecule has 1 aromatic carbocycles. The van der Waals surface area contributed by atoms with E-state index >= 15 is 0 Å². The van der Waals surface area contributed by atoms with Gasteiger partial charge in [0.2, 0.25) is 17.7 Å². The lowest BCUT2D eigenvalue weighted by atomic mass is 10.1. The van der Waals surface area contributed by atoms with Crippen molar-refractivity contribution in [2.75, 3.05) is 6.54 Å². The van der Waals surface area contributed by atoms with Crippen molar-refractivity contribution in [3.05, 3.63) is 35.9 Å². The van der Waals surface area contributed by atoms with Crippen LogP contribution >= 0.6 is 0 Å². The number of amides is 3. The van der Waals surface area contributed by atoms with Crippen molar-refractivity contribution in [2.45, 2.75) is 77.2 Å². The molecular weight excluding hydrogens is 340 g/mol. The van der Waals surface area contributed by atoms with Crippen LogP contribution in [0.2, 0.25) is 0 Å². The smallest absolute Gasteiger partial charge is 0.229 e. The van der Waals surface area contributed by atoms with Crippen molar-refractivity contribution in [3.63, 3.8) is 0 Å². The van der Waals surface area contributed by atoms with E-state index < -0.39 is 0 Å². The number of unbranched alkanes of at least 4 members (excludes halogenated alkanes) is 7. The Labute approximate surface area is 162 Å². The van der Waals surface area contributed by atoms with E-state index in [1.54, 1.807) is 0 Å². The SMILES string of the molecule is O=C(CCCCCCCCCCN1C(=O)CCC1=O)NCc1ccccc1. The summed E-state index contributed by atoms with van der Waals surface area (Å²) in [5.74, 6) is 0.116. The van der Waals surface area contributed by atoms with Crippen molar-refractivity contribution >= 4 is 17.7 Å². The molecule has 3 amide bonds. The summed E-state index contributed by atoms with van der Waals surface area (Å²) < 4.78 is 0. The average molecular weight is 373 g/mol. The number of hydrogen-bond acceptors (Lipinski definition) is 3. The predicted molar refractivity (Wildman–Crippen MR) is 106 cm³/mol. The van der Waals surface area contributed by atoms with Gasteiger partial charge in [-0.05, 0) is 18.4 Å². The van der Waals surface area contributed by atoms with Crippen molar-refractivity contribution in [2.24, 2.45) is 0 Å². The molecule has 1 heterocycles. The van der Waals surface area contributed by atoms with Crippen LogP contribution in [0.25, 0.3) is 0 Å². The zero-order chi connectivity index (χ0) is 19.3. The fourth-order valence-electron chi connectivity index (χ4n) is 3.37. The van der Waals surface area contributed by atoms with Gasteiger partial charge in [-0.2, -0.15) is 0 Å². The molecule has 1 aliphatic rings. The molecule has 0 spiro atoms. The number of benzene rings is 1. The zero-order valence-electron chi connectivity index (χ0n) is 16.3. The number of hydrogen-bond donors (Lipinski definition) is 1. The number of carbonyl (C=O) groups excluding carboxylic acids is 3.